The number of aryl methyl sites for hydroxylation is 1. The third kappa shape index (κ3) is 3.76. The van der Waals surface area contributed by atoms with E-state index in [1.54, 1.807) is 17.8 Å². The molecule has 1 aromatic heterocycles. The van der Waals surface area contributed by atoms with Crippen LogP contribution in [0.4, 0.5) is 0 Å². The molecular weight excluding hydrogens is 280 g/mol. The molecule has 1 fully saturated rings. The predicted octanol–water partition coefficient (Wildman–Crippen LogP) is 4.03. The Kier molecular flexibility index (Phi) is 4.44. The Labute approximate surface area is 129 Å². The van der Waals surface area contributed by atoms with Gasteiger partial charge in [0.15, 0.2) is 0 Å². The lowest BCUT2D eigenvalue weighted by molar-refractivity contribution is 0.685. The number of hydrogen-bond acceptors (Lipinski definition) is 3. The van der Waals surface area contributed by atoms with Crippen LogP contribution in [0, 0.1) is 6.92 Å². The Bertz CT molecular complexity index is 657. The summed E-state index contributed by atoms with van der Waals surface area (Å²) in [4.78, 5) is 20.6. The van der Waals surface area contributed by atoms with Gasteiger partial charge in [-0.05, 0) is 31.9 Å². The maximum absolute atomic E-state index is 11.8. The number of aromatic amines is 1. The Morgan fingerprint density at radius 3 is 2.67 bits per heavy atom. The zero-order valence-electron chi connectivity index (χ0n) is 12.3. The Morgan fingerprint density at radius 1 is 1.24 bits per heavy atom. The van der Waals surface area contributed by atoms with Crippen LogP contribution in [0.1, 0.15) is 48.7 Å². The lowest BCUT2D eigenvalue weighted by Crippen LogP contribution is -2.13. The monoisotopic (exact) mass is 300 g/mol. The van der Waals surface area contributed by atoms with Gasteiger partial charge in [-0.3, -0.25) is 4.79 Å². The van der Waals surface area contributed by atoms with Gasteiger partial charge in [-0.2, -0.15) is 0 Å². The summed E-state index contributed by atoms with van der Waals surface area (Å²) < 4.78 is 0. The van der Waals surface area contributed by atoms with Crippen molar-refractivity contribution >= 4 is 11.8 Å². The number of benzene rings is 1. The van der Waals surface area contributed by atoms with Gasteiger partial charge in [0.1, 0.15) is 5.82 Å². The van der Waals surface area contributed by atoms with Crippen molar-refractivity contribution in [3.63, 3.8) is 0 Å². The van der Waals surface area contributed by atoms with E-state index in [2.05, 4.69) is 41.2 Å². The first-order valence-electron chi connectivity index (χ1n) is 7.50. The zero-order chi connectivity index (χ0) is 14.7. The summed E-state index contributed by atoms with van der Waals surface area (Å²) in [5.41, 5.74) is 2.22. The van der Waals surface area contributed by atoms with Crippen molar-refractivity contribution in [3.05, 3.63) is 57.8 Å². The van der Waals surface area contributed by atoms with Gasteiger partial charge in [0, 0.05) is 16.9 Å². The van der Waals surface area contributed by atoms with Gasteiger partial charge in [0.2, 0.25) is 0 Å². The number of rotatable bonds is 4. The molecule has 1 saturated carbocycles. The quantitative estimate of drug-likeness (QED) is 0.867. The van der Waals surface area contributed by atoms with E-state index >= 15 is 0 Å². The summed E-state index contributed by atoms with van der Waals surface area (Å²) in [6, 6.07) is 10.1. The molecule has 0 amide bonds. The molecule has 110 valence electrons. The molecule has 21 heavy (non-hydrogen) atoms. The molecule has 3 nitrogen and oxygen atoms in total. The molecule has 0 spiro atoms. The third-order valence-corrected chi connectivity index (χ3v) is 5.00. The molecule has 0 aliphatic heterocycles. The van der Waals surface area contributed by atoms with Crippen LogP contribution in [0.15, 0.2) is 40.0 Å². The minimum Gasteiger partial charge on any atom is -0.310 e. The van der Waals surface area contributed by atoms with E-state index in [4.69, 9.17) is 0 Å². The van der Waals surface area contributed by atoms with Crippen molar-refractivity contribution in [1.82, 2.24) is 9.97 Å². The van der Waals surface area contributed by atoms with Gasteiger partial charge < -0.3 is 4.98 Å². The van der Waals surface area contributed by atoms with Crippen molar-refractivity contribution in [2.24, 2.45) is 0 Å². The van der Waals surface area contributed by atoms with Crippen molar-refractivity contribution in [2.75, 3.05) is 0 Å². The molecule has 1 aliphatic rings. The highest BCUT2D eigenvalue weighted by atomic mass is 32.2. The summed E-state index contributed by atoms with van der Waals surface area (Å²) >= 11 is 1.71. The standard InChI is InChI=1S/C17H20N2OS/c1-12-6-8-14(9-7-12)21-11-16-18-15(10-17(20)19-16)13-4-2-3-5-13/h6-10,13H,2-5,11H2,1H3,(H,18,19,20). The molecule has 1 N–H and O–H groups in total. The number of hydrogen-bond donors (Lipinski definition) is 1. The summed E-state index contributed by atoms with van der Waals surface area (Å²) in [7, 11) is 0. The maximum atomic E-state index is 11.8. The maximum Gasteiger partial charge on any atom is 0.251 e. The van der Waals surface area contributed by atoms with Gasteiger partial charge in [0.25, 0.3) is 5.56 Å². The first-order chi connectivity index (χ1) is 10.2. The average molecular weight is 300 g/mol. The zero-order valence-corrected chi connectivity index (χ0v) is 13.1. The third-order valence-electron chi connectivity index (χ3n) is 3.98. The van der Waals surface area contributed by atoms with Crippen LogP contribution in [0.25, 0.3) is 0 Å². The lowest BCUT2D eigenvalue weighted by Gasteiger charge is -2.09. The summed E-state index contributed by atoms with van der Waals surface area (Å²) in [6.07, 6.45) is 4.85. The summed E-state index contributed by atoms with van der Waals surface area (Å²) in [5.74, 6) is 1.98. The van der Waals surface area contributed by atoms with Crippen LogP contribution >= 0.6 is 11.8 Å². The van der Waals surface area contributed by atoms with Crippen LogP contribution in [0.2, 0.25) is 0 Å². The van der Waals surface area contributed by atoms with Crippen LogP contribution in [-0.4, -0.2) is 9.97 Å². The minimum atomic E-state index is -0.0218. The highest BCUT2D eigenvalue weighted by Gasteiger charge is 2.19. The molecule has 0 unspecified atom stereocenters. The van der Waals surface area contributed by atoms with E-state index in [0.29, 0.717) is 11.7 Å². The molecule has 2 aromatic rings. The summed E-state index contributed by atoms with van der Waals surface area (Å²) in [6.45, 7) is 2.08. The van der Waals surface area contributed by atoms with Crippen molar-refractivity contribution in [1.29, 1.82) is 0 Å². The lowest BCUT2D eigenvalue weighted by atomic mass is 10.0. The van der Waals surface area contributed by atoms with Gasteiger partial charge in [0.05, 0.1) is 11.4 Å². The van der Waals surface area contributed by atoms with Gasteiger partial charge in [-0.1, -0.05) is 30.5 Å². The fourth-order valence-corrected chi connectivity index (χ4v) is 3.58. The first kappa shape index (κ1) is 14.4. The average Bonchev–Trinajstić information content (AvgIpc) is 3.00. The second kappa shape index (κ2) is 6.48. The van der Waals surface area contributed by atoms with E-state index in [9.17, 15) is 4.79 Å². The van der Waals surface area contributed by atoms with Crippen molar-refractivity contribution in [3.8, 4) is 0 Å². The summed E-state index contributed by atoms with van der Waals surface area (Å²) in [5, 5.41) is 0. The second-order valence-electron chi connectivity index (χ2n) is 5.70. The number of aromatic nitrogens is 2. The van der Waals surface area contributed by atoms with Crippen LogP contribution in [-0.2, 0) is 5.75 Å². The van der Waals surface area contributed by atoms with E-state index in [0.717, 1.165) is 11.5 Å². The van der Waals surface area contributed by atoms with E-state index in [-0.39, 0.29) is 5.56 Å². The Balaban J connectivity index is 1.72. The molecule has 0 radical (unpaired) electrons. The molecule has 1 heterocycles. The van der Waals surface area contributed by atoms with Crippen molar-refractivity contribution in [2.45, 2.75) is 49.2 Å². The highest BCUT2D eigenvalue weighted by Crippen LogP contribution is 2.32. The normalized spacial score (nSPS) is 15.5. The molecule has 0 atom stereocenters. The fraction of sp³-hybridized carbons (Fsp3) is 0.412. The van der Waals surface area contributed by atoms with Crippen LogP contribution in [0.5, 0.6) is 0 Å². The smallest absolute Gasteiger partial charge is 0.251 e. The van der Waals surface area contributed by atoms with Crippen molar-refractivity contribution < 1.29 is 0 Å². The topological polar surface area (TPSA) is 45.8 Å². The first-order valence-corrected chi connectivity index (χ1v) is 8.49. The molecule has 0 bridgehead atoms. The number of thioether (sulfide) groups is 1. The number of nitrogens with one attached hydrogen (secondary N) is 1. The number of nitrogens with zero attached hydrogens (tertiary/aromatic N) is 1. The van der Waals surface area contributed by atoms with E-state index < -0.39 is 0 Å². The molecule has 1 aliphatic carbocycles. The fourth-order valence-electron chi connectivity index (χ4n) is 2.81. The van der Waals surface area contributed by atoms with Crippen LogP contribution < -0.4 is 5.56 Å². The van der Waals surface area contributed by atoms with Crippen LogP contribution in [0.3, 0.4) is 0 Å². The van der Waals surface area contributed by atoms with Gasteiger partial charge in [-0.25, -0.2) is 4.98 Å². The highest BCUT2D eigenvalue weighted by molar-refractivity contribution is 7.98. The largest absolute Gasteiger partial charge is 0.310 e. The molecule has 1 aromatic carbocycles. The predicted molar refractivity (Wildman–Crippen MR) is 86.8 cm³/mol. The van der Waals surface area contributed by atoms with E-state index in [1.165, 1.54) is 36.1 Å². The SMILES string of the molecule is Cc1ccc(SCc2nc(C3CCCC3)cc(=O)[nH]2)cc1. The van der Waals surface area contributed by atoms with E-state index in [1.807, 2.05) is 0 Å². The molecule has 0 saturated heterocycles. The molecule has 4 heteroatoms. The Morgan fingerprint density at radius 2 is 1.95 bits per heavy atom. The van der Waals surface area contributed by atoms with Gasteiger partial charge >= 0.3 is 0 Å². The Hall–Kier alpha value is -1.55. The minimum absolute atomic E-state index is 0.0218. The molecular formula is C17H20N2OS. The second-order valence-corrected chi connectivity index (χ2v) is 6.75. The van der Waals surface area contributed by atoms with Gasteiger partial charge in [-0.15, -0.1) is 11.8 Å². The molecule has 3 rings (SSSR count). The number of H-pyrrole nitrogens is 1.